The van der Waals surface area contributed by atoms with Crippen LogP contribution in [0.4, 0.5) is 24.8 Å². The van der Waals surface area contributed by atoms with Crippen molar-refractivity contribution in [1.82, 2.24) is 9.97 Å². The van der Waals surface area contributed by atoms with E-state index in [0.29, 0.717) is 30.7 Å². The Kier molecular flexibility index (Phi) is 5.18. The number of aromatic nitrogens is 2. The van der Waals surface area contributed by atoms with Gasteiger partial charge in [-0.15, -0.1) is 0 Å². The van der Waals surface area contributed by atoms with E-state index in [1.807, 2.05) is 23.6 Å². The molecule has 1 saturated heterocycles. The molecule has 0 spiro atoms. The molecule has 2 rings (SSSR count). The molecule has 118 valence electrons. The van der Waals surface area contributed by atoms with Crippen molar-refractivity contribution in [2.24, 2.45) is 0 Å². The highest BCUT2D eigenvalue weighted by atomic mass is 32.2. The van der Waals surface area contributed by atoms with Crippen LogP contribution < -0.4 is 10.2 Å². The minimum absolute atomic E-state index is 0.236. The molecule has 8 heteroatoms. The summed E-state index contributed by atoms with van der Waals surface area (Å²) in [6.07, 6.45) is -3.72. The van der Waals surface area contributed by atoms with Gasteiger partial charge in [0, 0.05) is 36.7 Å². The van der Waals surface area contributed by atoms with Crippen molar-refractivity contribution in [3.63, 3.8) is 0 Å². The fourth-order valence-corrected chi connectivity index (χ4v) is 3.11. The average molecular weight is 320 g/mol. The number of nitrogens with zero attached hydrogens (tertiary/aromatic N) is 3. The molecule has 1 N–H and O–H groups in total. The lowest BCUT2D eigenvalue weighted by molar-refractivity contribution is -0.144. The van der Waals surface area contributed by atoms with Gasteiger partial charge in [0.15, 0.2) is 0 Å². The topological polar surface area (TPSA) is 41.0 Å². The molecule has 0 bridgehead atoms. The Labute approximate surface area is 126 Å². The lowest BCUT2D eigenvalue weighted by atomic mass is 10.3. The smallest absolute Gasteiger partial charge is 0.370 e. The molecule has 4 nitrogen and oxygen atoms in total. The van der Waals surface area contributed by atoms with Crippen molar-refractivity contribution < 1.29 is 13.2 Å². The van der Waals surface area contributed by atoms with E-state index < -0.39 is 12.0 Å². The molecule has 1 aliphatic rings. The zero-order chi connectivity index (χ0) is 15.5. The predicted octanol–water partition coefficient (Wildman–Crippen LogP) is 3.26. The van der Waals surface area contributed by atoms with Crippen molar-refractivity contribution in [1.29, 1.82) is 0 Å². The minimum Gasteiger partial charge on any atom is -0.370 e. The first-order valence-corrected chi connectivity index (χ1v) is 8.01. The highest BCUT2D eigenvalue weighted by molar-refractivity contribution is 8.00. The Morgan fingerprint density at radius 1 is 1.43 bits per heavy atom. The fourth-order valence-electron chi connectivity index (χ4n) is 2.09. The molecular weight excluding hydrogens is 301 g/mol. The first-order valence-electron chi connectivity index (χ1n) is 6.97. The molecular formula is C13H19F3N4S. The molecule has 1 fully saturated rings. The summed E-state index contributed by atoms with van der Waals surface area (Å²) >= 11 is 1.82. The second-order valence-corrected chi connectivity index (χ2v) is 6.53. The van der Waals surface area contributed by atoms with Crippen molar-refractivity contribution in [3.05, 3.63) is 11.9 Å². The molecule has 1 atom stereocenters. The van der Waals surface area contributed by atoms with Gasteiger partial charge in [-0.25, -0.2) is 9.97 Å². The van der Waals surface area contributed by atoms with Gasteiger partial charge in [0.1, 0.15) is 11.6 Å². The van der Waals surface area contributed by atoms with E-state index in [0.717, 1.165) is 12.2 Å². The maximum Gasteiger partial charge on any atom is 0.451 e. The summed E-state index contributed by atoms with van der Waals surface area (Å²) in [7, 11) is 0. The van der Waals surface area contributed by atoms with E-state index in [1.165, 1.54) is 0 Å². The Bertz CT molecular complexity index is 481. The van der Waals surface area contributed by atoms with Crippen LogP contribution in [0.3, 0.4) is 0 Å². The van der Waals surface area contributed by atoms with E-state index in [2.05, 4.69) is 22.2 Å². The summed E-state index contributed by atoms with van der Waals surface area (Å²) in [5, 5.41) is 3.30. The summed E-state index contributed by atoms with van der Waals surface area (Å²) in [5.74, 6) is 0.400. The quantitative estimate of drug-likeness (QED) is 0.922. The van der Waals surface area contributed by atoms with Gasteiger partial charge in [0.05, 0.1) is 0 Å². The number of hydrogen-bond acceptors (Lipinski definition) is 5. The third-order valence-electron chi connectivity index (χ3n) is 3.09. The summed E-state index contributed by atoms with van der Waals surface area (Å²) in [5.41, 5.74) is 0. The number of halogens is 3. The second kappa shape index (κ2) is 6.72. The maximum absolute atomic E-state index is 12.9. The van der Waals surface area contributed by atoms with Gasteiger partial charge in [-0.1, -0.05) is 13.8 Å². The van der Waals surface area contributed by atoms with Gasteiger partial charge in [0.25, 0.3) is 0 Å². The molecule has 2 heterocycles. The van der Waals surface area contributed by atoms with Gasteiger partial charge in [-0.3, -0.25) is 0 Å². The van der Waals surface area contributed by atoms with Crippen LogP contribution in [0, 0.1) is 0 Å². The van der Waals surface area contributed by atoms with Crippen LogP contribution in [0.25, 0.3) is 0 Å². The van der Waals surface area contributed by atoms with Gasteiger partial charge >= 0.3 is 6.18 Å². The van der Waals surface area contributed by atoms with E-state index in [-0.39, 0.29) is 5.82 Å². The van der Waals surface area contributed by atoms with Crippen LogP contribution in [-0.4, -0.2) is 40.6 Å². The summed E-state index contributed by atoms with van der Waals surface area (Å²) in [4.78, 5) is 9.19. The zero-order valence-electron chi connectivity index (χ0n) is 12.1. The van der Waals surface area contributed by atoms with Gasteiger partial charge in [0.2, 0.25) is 5.82 Å². The van der Waals surface area contributed by atoms with Crippen LogP contribution in [-0.2, 0) is 6.18 Å². The van der Waals surface area contributed by atoms with Crippen molar-refractivity contribution in [3.8, 4) is 0 Å². The summed E-state index contributed by atoms with van der Waals surface area (Å²) in [6.45, 7) is 6.00. The van der Waals surface area contributed by atoms with Crippen molar-refractivity contribution in [2.75, 3.05) is 35.6 Å². The van der Waals surface area contributed by atoms with Crippen LogP contribution in [0.5, 0.6) is 0 Å². The monoisotopic (exact) mass is 320 g/mol. The Balaban J connectivity index is 2.30. The van der Waals surface area contributed by atoms with Crippen LogP contribution in [0.15, 0.2) is 6.07 Å². The highest BCUT2D eigenvalue weighted by Crippen LogP contribution is 2.30. The molecule has 0 saturated carbocycles. The number of hydrogen-bond donors (Lipinski definition) is 1. The minimum atomic E-state index is -4.53. The maximum atomic E-state index is 12.9. The standard InChI is InChI=1S/C13H19F3N4S/c1-3-4-17-10-7-11(19-12(18-10)13(14,15)16)20-5-6-21-9(2)8-20/h7,9H,3-6,8H2,1-2H3,(H,17,18,19). The Morgan fingerprint density at radius 3 is 2.81 bits per heavy atom. The molecule has 21 heavy (non-hydrogen) atoms. The lowest BCUT2D eigenvalue weighted by Crippen LogP contribution is -2.37. The molecule has 1 aliphatic heterocycles. The van der Waals surface area contributed by atoms with Crippen molar-refractivity contribution >= 4 is 23.4 Å². The van der Waals surface area contributed by atoms with Gasteiger partial charge in [-0.2, -0.15) is 24.9 Å². The van der Waals surface area contributed by atoms with E-state index in [1.54, 1.807) is 6.07 Å². The average Bonchev–Trinajstić information content (AvgIpc) is 2.44. The first kappa shape index (κ1) is 16.2. The zero-order valence-corrected chi connectivity index (χ0v) is 12.9. The Morgan fingerprint density at radius 2 is 2.19 bits per heavy atom. The number of thioether (sulfide) groups is 1. The van der Waals surface area contributed by atoms with Crippen LogP contribution >= 0.6 is 11.8 Å². The first-order chi connectivity index (χ1) is 9.90. The SMILES string of the molecule is CCCNc1cc(N2CCSC(C)C2)nc(C(F)(F)F)n1. The van der Waals surface area contributed by atoms with E-state index in [4.69, 9.17) is 0 Å². The highest BCUT2D eigenvalue weighted by Gasteiger charge is 2.36. The predicted molar refractivity (Wildman–Crippen MR) is 79.9 cm³/mol. The third-order valence-corrected chi connectivity index (χ3v) is 4.22. The molecule has 1 unspecified atom stereocenters. The van der Waals surface area contributed by atoms with E-state index in [9.17, 15) is 13.2 Å². The van der Waals surface area contributed by atoms with Crippen LogP contribution in [0.1, 0.15) is 26.1 Å². The lowest BCUT2D eigenvalue weighted by Gasteiger charge is -2.31. The number of rotatable bonds is 4. The second-order valence-electron chi connectivity index (χ2n) is 4.99. The normalized spacial score (nSPS) is 19.7. The molecule has 0 amide bonds. The molecule has 0 radical (unpaired) electrons. The third kappa shape index (κ3) is 4.39. The number of anilines is 2. The van der Waals surface area contributed by atoms with Gasteiger partial charge in [-0.05, 0) is 6.42 Å². The summed E-state index contributed by atoms with van der Waals surface area (Å²) < 4.78 is 38.8. The molecule has 1 aromatic heterocycles. The summed E-state index contributed by atoms with van der Waals surface area (Å²) in [6, 6.07) is 1.60. The largest absolute Gasteiger partial charge is 0.451 e. The molecule has 1 aromatic rings. The molecule has 0 aliphatic carbocycles. The van der Waals surface area contributed by atoms with Crippen LogP contribution in [0.2, 0.25) is 0 Å². The number of alkyl halides is 3. The molecule has 0 aromatic carbocycles. The fraction of sp³-hybridized carbons (Fsp3) is 0.692. The van der Waals surface area contributed by atoms with Crippen molar-refractivity contribution in [2.45, 2.75) is 31.7 Å². The van der Waals surface area contributed by atoms with Gasteiger partial charge < -0.3 is 10.2 Å². The van der Waals surface area contributed by atoms with E-state index >= 15 is 0 Å². The Hall–Kier alpha value is -1.18. The number of nitrogens with one attached hydrogen (secondary N) is 1.